The molecule has 0 amide bonds. The Morgan fingerprint density at radius 3 is 1.92 bits per heavy atom. The highest BCUT2D eigenvalue weighted by Gasteiger charge is 2.56. The molecule has 0 spiro atoms. The van der Waals surface area contributed by atoms with Crippen LogP contribution in [-0.4, -0.2) is 45.6 Å². The van der Waals surface area contributed by atoms with Crippen molar-refractivity contribution in [2.75, 3.05) is 0 Å². The van der Waals surface area contributed by atoms with Crippen molar-refractivity contribution in [1.82, 2.24) is 0 Å². The van der Waals surface area contributed by atoms with E-state index in [-0.39, 0.29) is 13.2 Å². The van der Waals surface area contributed by atoms with Crippen molar-refractivity contribution in [2.24, 2.45) is 0 Å². The lowest BCUT2D eigenvalue weighted by molar-refractivity contribution is -0.290. The Kier molecular flexibility index (Phi) is 3.42. The van der Waals surface area contributed by atoms with Crippen LogP contribution in [0, 0.1) is 0 Å². The van der Waals surface area contributed by atoms with Crippen LogP contribution in [0.5, 0.6) is 0 Å². The van der Waals surface area contributed by atoms with Gasteiger partial charge in [0, 0.05) is 0 Å². The number of alkyl halides is 3. The summed E-state index contributed by atoms with van der Waals surface area (Å²) in [6, 6.07) is 0. The maximum Gasteiger partial charge on any atom is 0.419 e. The quantitative estimate of drug-likeness (QED) is 0.524. The first-order chi connectivity index (χ1) is 5.64. The molecule has 0 saturated heterocycles. The number of carbonyl (C=O) groups excluding carboxylic acids is 1. The third-order valence-electron chi connectivity index (χ3n) is 1.61. The van der Waals surface area contributed by atoms with Gasteiger partial charge in [-0.05, 0) is 6.92 Å². The summed E-state index contributed by atoms with van der Waals surface area (Å²) in [4.78, 5) is 9.83. The van der Waals surface area contributed by atoms with E-state index in [0.717, 1.165) is 0 Å². The Balaban J connectivity index is 4.73. The van der Waals surface area contributed by atoms with Crippen molar-refractivity contribution in [3.63, 3.8) is 0 Å². The number of hydrogen-bond donors (Lipinski definition) is 3. The van der Waals surface area contributed by atoms with Crippen LogP contribution in [0.4, 0.5) is 13.2 Å². The molecule has 0 rings (SSSR count). The van der Waals surface area contributed by atoms with Crippen LogP contribution in [-0.2, 0) is 4.79 Å². The first-order valence-electron chi connectivity index (χ1n) is 3.25. The normalized spacial score (nSPS) is 21.8. The van der Waals surface area contributed by atoms with Gasteiger partial charge in [-0.25, -0.2) is 0 Å². The maximum atomic E-state index is 11.9. The van der Waals surface area contributed by atoms with Crippen molar-refractivity contribution in [3.8, 4) is 0 Å². The summed E-state index contributed by atoms with van der Waals surface area (Å²) in [5.74, 6) is 0. The first kappa shape index (κ1) is 12.3. The monoisotopic (exact) mass is 202 g/mol. The van der Waals surface area contributed by atoms with Gasteiger partial charge in [-0.3, -0.25) is 0 Å². The summed E-state index contributed by atoms with van der Waals surface area (Å²) in [5.41, 5.74) is -3.51. The van der Waals surface area contributed by atoms with Gasteiger partial charge in [0.05, 0.1) is 0 Å². The molecule has 0 radical (unpaired) electrons. The fourth-order valence-electron chi connectivity index (χ4n) is 0.575. The molecule has 3 atom stereocenters. The van der Waals surface area contributed by atoms with E-state index >= 15 is 0 Å². The summed E-state index contributed by atoms with van der Waals surface area (Å²) in [5, 5.41) is 26.0. The maximum absolute atomic E-state index is 11.9. The number of aliphatic hydroxyl groups excluding tert-OH is 2. The molecule has 7 heteroatoms. The molecule has 0 bridgehead atoms. The van der Waals surface area contributed by atoms with Gasteiger partial charge in [0.2, 0.25) is 0 Å². The summed E-state index contributed by atoms with van der Waals surface area (Å²) < 4.78 is 35.8. The summed E-state index contributed by atoms with van der Waals surface area (Å²) in [6.07, 6.45) is -10.3. The standard InChI is InChI=1S/C6H9F3O4/c1-5(13,6(7,8)9)4(12)3(11)2-10/h2-4,11-13H,1H3/t3-,4-,5+/m0/s1. The van der Waals surface area contributed by atoms with Gasteiger partial charge < -0.3 is 20.1 Å². The lowest BCUT2D eigenvalue weighted by atomic mass is 9.94. The van der Waals surface area contributed by atoms with Crippen LogP contribution < -0.4 is 0 Å². The molecule has 0 aromatic rings. The zero-order valence-electron chi connectivity index (χ0n) is 6.62. The molecule has 0 fully saturated rings. The molecular weight excluding hydrogens is 193 g/mol. The van der Waals surface area contributed by atoms with E-state index in [0.29, 0.717) is 0 Å². The number of hydrogen-bond acceptors (Lipinski definition) is 4. The van der Waals surface area contributed by atoms with E-state index in [1.165, 1.54) is 0 Å². The third-order valence-corrected chi connectivity index (χ3v) is 1.61. The van der Waals surface area contributed by atoms with Gasteiger partial charge in [-0.2, -0.15) is 13.2 Å². The van der Waals surface area contributed by atoms with Gasteiger partial charge in [-0.15, -0.1) is 0 Å². The predicted molar refractivity (Wildman–Crippen MR) is 34.8 cm³/mol. The smallest absolute Gasteiger partial charge is 0.387 e. The zero-order valence-corrected chi connectivity index (χ0v) is 6.62. The van der Waals surface area contributed by atoms with E-state index in [1.807, 2.05) is 0 Å². The second kappa shape index (κ2) is 3.60. The molecule has 0 aliphatic rings. The van der Waals surface area contributed by atoms with Crippen molar-refractivity contribution < 1.29 is 33.3 Å². The van der Waals surface area contributed by atoms with Gasteiger partial charge in [-0.1, -0.05) is 0 Å². The minimum absolute atomic E-state index is 0.268. The number of halogens is 3. The first-order valence-corrected chi connectivity index (χ1v) is 3.25. The lowest BCUT2D eigenvalue weighted by Gasteiger charge is -2.31. The number of carbonyl (C=O) groups is 1. The van der Waals surface area contributed by atoms with Crippen LogP contribution in [0.2, 0.25) is 0 Å². The third kappa shape index (κ3) is 2.39. The van der Waals surface area contributed by atoms with Crippen molar-refractivity contribution >= 4 is 6.29 Å². The minimum atomic E-state index is -5.11. The van der Waals surface area contributed by atoms with Gasteiger partial charge in [0.1, 0.15) is 12.2 Å². The Bertz CT molecular complexity index is 189. The van der Waals surface area contributed by atoms with Gasteiger partial charge >= 0.3 is 6.18 Å². The predicted octanol–water partition coefficient (Wildman–Crippen LogP) is -0.780. The molecule has 0 unspecified atom stereocenters. The molecule has 0 aromatic heterocycles. The minimum Gasteiger partial charge on any atom is -0.387 e. The Labute approximate surface area is 71.6 Å². The van der Waals surface area contributed by atoms with Crippen LogP contribution >= 0.6 is 0 Å². The number of rotatable bonds is 3. The van der Waals surface area contributed by atoms with Crippen LogP contribution in [0.15, 0.2) is 0 Å². The average molecular weight is 202 g/mol. The molecule has 78 valence electrons. The topological polar surface area (TPSA) is 77.8 Å². The molecule has 0 aliphatic heterocycles. The highest BCUT2D eigenvalue weighted by molar-refractivity contribution is 5.57. The summed E-state index contributed by atoms with van der Waals surface area (Å²) >= 11 is 0. The Morgan fingerprint density at radius 2 is 1.69 bits per heavy atom. The van der Waals surface area contributed by atoms with Crippen LogP contribution in [0.1, 0.15) is 6.92 Å². The zero-order chi connectivity index (χ0) is 10.9. The van der Waals surface area contributed by atoms with Crippen molar-refractivity contribution in [3.05, 3.63) is 0 Å². The second-order valence-electron chi connectivity index (χ2n) is 2.72. The highest BCUT2D eigenvalue weighted by Crippen LogP contribution is 2.33. The van der Waals surface area contributed by atoms with Crippen LogP contribution in [0.25, 0.3) is 0 Å². The molecule has 13 heavy (non-hydrogen) atoms. The molecule has 0 aromatic carbocycles. The van der Waals surface area contributed by atoms with Gasteiger partial charge in [0.25, 0.3) is 0 Å². The fourth-order valence-corrected chi connectivity index (χ4v) is 0.575. The molecule has 4 nitrogen and oxygen atoms in total. The van der Waals surface area contributed by atoms with E-state index in [9.17, 15) is 18.0 Å². The SMILES string of the molecule is C[C@@](O)([C@@H](O)[C@@H](O)C=O)C(F)(F)F. The summed E-state index contributed by atoms with van der Waals surface area (Å²) in [6.45, 7) is 0.268. The molecule has 0 aliphatic carbocycles. The molecule has 0 heterocycles. The second-order valence-corrected chi connectivity index (χ2v) is 2.72. The highest BCUT2D eigenvalue weighted by atomic mass is 19.4. The number of aliphatic hydroxyl groups is 3. The van der Waals surface area contributed by atoms with Gasteiger partial charge in [0.15, 0.2) is 11.9 Å². The molecule has 3 N–H and O–H groups in total. The largest absolute Gasteiger partial charge is 0.419 e. The van der Waals surface area contributed by atoms with E-state index in [2.05, 4.69) is 0 Å². The fraction of sp³-hybridized carbons (Fsp3) is 0.833. The molecule has 0 saturated carbocycles. The molecular formula is C6H9F3O4. The van der Waals surface area contributed by atoms with E-state index in [1.54, 1.807) is 0 Å². The van der Waals surface area contributed by atoms with Crippen molar-refractivity contribution in [2.45, 2.75) is 30.9 Å². The Morgan fingerprint density at radius 1 is 1.31 bits per heavy atom. The number of aldehydes is 1. The van der Waals surface area contributed by atoms with E-state index < -0.39 is 24.0 Å². The average Bonchev–Trinajstić information content (AvgIpc) is 1.99. The lowest BCUT2D eigenvalue weighted by Crippen LogP contribution is -2.56. The van der Waals surface area contributed by atoms with Crippen LogP contribution in [0.3, 0.4) is 0 Å². The van der Waals surface area contributed by atoms with Crippen molar-refractivity contribution in [1.29, 1.82) is 0 Å². The Hall–Kier alpha value is -0.660. The van der Waals surface area contributed by atoms with E-state index in [4.69, 9.17) is 15.3 Å². The summed E-state index contributed by atoms with van der Waals surface area (Å²) in [7, 11) is 0.